The Balaban J connectivity index is 2.64. The van der Waals surface area contributed by atoms with Crippen molar-refractivity contribution in [2.24, 2.45) is 5.73 Å². The molecular formula is C9H14N2OS. The standard InChI is InChI=1S/C9H14N2OS/c1-6-4-13-5-8(6)9(12)11-7(2)3-10/h4-5,7H,3,10H2,1-2H3,(H,11,12)/t7-/m1/s1. The number of amides is 1. The minimum atomic E-state index is -0.0308. The smallest absolute Gasteiger partial charge is 0.252 e. The number of carbonyl (C=O) groups is 1. The predicted molar refractivity (Wildman–Crippen MR) is 55.0 cm³/mol. The topological polar surface area (TPSA) is 55.1 Å². The molecule has 72 valence electrons. The molecule has 1 heterocycles. The zero-order valence-corrected chi connectivity index (χ0v) is 8.65. The van der Waals surface area contributed by atoms with Crippen LogP contribution in [-0.2, 0) is 0 Å². The molecule has 0 aliphatic rings. The molecule has 3 N–H and O–H groups in total. The molecule has 1 aromatic heterocycles. The first-order valence-electron chi connectivity index (χ1n) is 4.19. The second-order valence-electron chi connectivity index (χ2n) is 3.08. The normalized spacial score (nSPS) is 12.5. The fourth-order valence-corrected chi connectivity index (χ4v) is 1.78. The third kappa shape index (κ3) is 2.54. The van der Waals surface area contributed by atoms with Gasteiger partial charge in [0.1, 0.15) is 0 Å². The Morgan fingerprint density at radius 2 is 2.38 bits per heavy atom. The van der Waals surface area contributed by atoms with Crippen LogP contribution in [0.2, 0.25) is 0 Å². The monoisotopic (exact) mass is 198 g/mol. The van der Waals surface area contributed by atoms with E-state index in [1.165, 1.54) is 11.3 Å². The van der Waals surface area contributed by atoms with Crippen molar-refractivity contribution in [2.75, 3.05) is 6.54 Å². The molecule has 0 fully saturated rings. The molecule has 1 atom stereocenters. The van der Waals surface area contributed by atoms with Crippen LogP contribution < -0.4 is 11.1 Å². The number of nitrogens with two attached hydrogens (primary N) is 1. The second kappa shape index (κ2) is 4.39. The zero-order valence-electron chi connectivity index (χ0n) is 7.83. The van der Waals surface area contributed by atoms with E-state index in [1.807, 2.05) is 24.6 Å². The summed E-state index contributed by atoms with van der Waals surface area (Å²) < 4.78 is 0. The van der Waals surface area contributed by atoms with Crippen LogP contribution in [0, 0.1) is 6.92 Å². The van der Waals surface area contributed by atoms with Crippen molar-refractivity contribution < 1.29 is 4.79 Å². The van der Waals surface area contributed by atoms with E-state index in [9.17, 15) is 4.79 Å². The van der Waals surface area contributed by atoms with Crippen molar-refractivity contribution >= 4 is 17.2 Å². The Labute approximate surface area is 81.9 Å². The number of carbonyl (C=O) groups excluding carboxylic acids is 1. The summed E-state index contributed by atoms with van der Waals surface area (Å²) in [7, 11) is 0. The second-order valence-corrected chi connectivity index (χ2v) is 3.82. The summed E-state index contributed by atoms with van der Waals surface area (Å²) in [6.45, 7) is 4.28. The van der Waals surface area contributed by atoms with E-state index >= 15 is 0 Å². The number of rotatable bonds is 3. The summed E-state index contributed by atoms with van der Waals surface area (Å²) in [6, 6.07) is 0.0341. The average molecular weight is 198 g/mol. The molecule has 0 aliphatic heterocycles. The van der Waals surface area contributed by atoms with Gasteiger partial charge in [0.05, 0.1) is 5.56 Å². The van der Waals surface area contributed by atoms with Crippen LogP contribution in [0.4, 0.5) is 0 Å². The number of nitrogens with one attached hydrogen (secondary N) is 1. The molecule has 0 saturated heterocycles. The lowest BCUT2D eigenvalue weighted by Crippen LogP contribution is -2.37. The van der Waals surface area contributed by atoms with Crippen molar-refractivity contribution in [1.82, 2.24) is 5.32 Å². The summed E-state index contributed by atoms with van der Waals surface area (Å²) >= 11 is 1.54. The Morgan fingerprint density at radius 1 is 1.69 bits per heavy atom. The van der Waals surface area contributed by atoms with Gasteiger partial charge in [0, 0.05) is 18.0 Å². The molecule has 0 aliphatic carbocycles. The van der Waals surface area contributed by atoms with Crippen LogP contribution in [0.3, 0.4) is 0 Å². The van der Waals surface area contributed by atoms with Gasteiger partial charge in [0.2, 0.25) is 0 Å². The first-order valence-corrected chi connectivity index (χ1v) is 5.13. The largest absolute Gasteiger partial charge is 0.348 e. The van der Waals surface area contributed by atoms with Gasteiger partial charge in [0.15, 0.2) is 0 Å². The van der Waals surface area contributed by atoms with Crippen molar-refractivity contribution in [1.29, 1.82) is 0 Å². The van der Waals surface area contributed by atoms with Gasteiger partial charge in [-0.05, 0) is 24.8 Å². The van der Waals surface area contributed by atoms with Crippen molar-refractivity contribution in [3.63, 3.8) is 0 Å². The average Bonchev–Trinajstić information content (AvgIpc) is 2.51. The third-order valence-electron chi connectivity index (χ3n) is 1.83. The van der Waals surface area contributed by atoms with Crippen molar-refractivity contribution in [2.45, 2.75) is 19.9 Å². The highest BCUT2D eigenvalue weighted by Gasteiger charge is 2.11. The van der Waals surface area contributed by atoms with Crippen LogP contribution >= 0.6 is 11.3 Å². The lowest BCUT2D eigenvalue weighted by atomic mass is 10.2. The molecule has 0 aromatic carbocycles. The van der Waals surface area contributed by atoms with Crippen LogP contribution in [0.1, 0.15) is 22.8 Å². The van der Waals surface area contributed by atoms with Crippen LogP contribution in [0.5, 0.6) is 0 Å². The Bertz CT molecular complexity index is 296. The maximum atomic E-state index is 11.5. The quantitative estimate of drug-likeness (QED) is 0.765. The molecule has 0 spiro atoms. The number of hydrogen-bond acceptors (Lipinski definition) is 3. The van der Waals surface area contributed by atoms with Crippen molar-refractivity contribution in [3.05, 3.63) is 21.9 Å². The molecular weight excluding hydrogens is 184 g/mol. The third-order valence-corrected chi connectivity index (χ3v) is 2.69. The summed E-state index contributed by atoms with van der Waals surface area (Å²) in [6.07, 6.45) is 0. The Hall–Kier alpha value is -0.870. The highest BCUT2D eigenvalue weighted by molar-refractivity contribution is 7.08. The fraction of sp³-hybridized carbons (Fsp3) is 0.444. The number of hydrogen-bond donors (Lipinski definition) is 2. The summed E-state index contributed by atoms with van der Waals surface area (Å²) in [4.78, 5) is 11.5. The molecule has 13 heavy (non-hydrogen) atoms. The summed E-state index contributed by atoms with van der Waals surface area (Å²) in [5, 5.41) is 6.63. The minimum absolute atomic E-state index is 0.0308. The molecule has 1 aromatic rings. The van der Waals surface area contributed by atoms with E-state index in [1.54, 1.807) is 0 Å². The van der Waals surface area contributed by atoms with Gasteiger partial charge in [-0.3, -0.25) is 4.79 Å². The lowest BCUT2D eigenvalue weighted by Gasteiger charge is -2.10. The Kier molecular flexibility index (Phi) is 3.45. The maximum Gasteiger partial charge on any atom is 0.252 e. The highest BCUT2D eigenvalue weighted by atomic mass is 32.1. The molecule has 3 nitrogen and oxygen atoms in total. The van der Waals surface area contributed by atoms with Gasteiger partial charge in [-0.1, -0.05) is 0 Å². The van der Waals surface area contributed by atoms with Crippen molar-refractivity contribution in [3.8, 4) is 0 Å². The predicted octanol–water partition coefficient (Wildman–Crippen LogP) is 1.13. The van der Waals surface area contributed by atoms with Gasteiger partial charge in [-0.25, -0.2) is 0 Å². The van der Waals surface area contributed by atoms with E-state index in [4.69, 9.17) is 5.73 Å². The SMILES string of the molecule is Cc1cscc1C(=O)N[C@H](C)CN. The molecule has 1 rings (SSSR count). The van der Waals surface area contributed by atoms with E-state index < -0.39 is 0 Å². The lowest BCUT2D eigenvalue weighted by molar-refractivity contribution is 0.0941. The van der Waals surface area contributed by atoms with E-state index in [-0.39, 0.29) is 11.9 Å². The van der Waals surface area contributed by atoms with Gasteiger partial charge >= 0.3 is 0 Å². The molecule has 0 unspecified atom stereocenters. The number of thiophene rings is 1. The molecule has 1 amide bonds. The van der Waals surface area contributed by atoms with E-state index in [0.717, 1.165) is 11.1 Å². The first-order chi connectivity index (χ1) is 6.15. The minimum Gasteiger partial charge on any atom is -0.348 e. The van der Waals surface area contributed by atoms with Gasteiger partial charge in [-0.15, -0.1) is 0 Å². The molecule has 0 radical (unpaired) electrons. The van der Waals surface area contributed by atoms with Crippen LogP contribution in [0.15, 0.2) is 10.8 Å². The van der Waals surface area contributed by atoms with Crippen LogP contribution in [-0.4, -0.2) is 18.5 Å². The maximum absolute atomic E-state index is 11.5. The first kappa shape index (κ1) is 10.2. The molecule has 4 heteroatoms. The number of aryl methyl sites for hydroxylation is 1. The van der Waals surface area contributed by atoms with Gasteiger partial charge in [0.25, 0.3) is 5.91 Å². The molecule has 0 bridgehead atoms. The van der Waals surface area contributed by atoms with Gasteiger partial charge in [-0.2, -0.15) is 11.3 Å². The van der Waals surface area contributed by atoms with Gasteiger partial charge < -0.3 is 11.1 Å². The fourth-order valence-electron chi connectivity index (χ4n) is 0.954. The van der Waals surface area contributed by atoms with Crippen LogP contribution in [0.25, 0.3) is 0 Å². The highest BCUT2D eigenvalue weighted by Crippen LogP contribution is 2.13. The van der Waals surface area contributed by atoms with E-state index in [0.29, 0.717) is 6.54 Å². The molecule has 0 saturated carbocycles. The van der Waals surface area contributed by atoms with E-state index in [2.05, 4.69) is 5.32 Å². The Morgan fingerprint density at radius 3 is 2.85 bits per heavy atom. The summed E-state index contributed by atoms with van der Waals surface area (Å²) in [5.41, 5.74) is 7.17. The zero-order chi connectivity index (χ0) is 9.84. The summed E-state index contributed by atoms with van der Waals surface area (Å²) in [5.74, 6) is -0.0308.